The smallest absolute Gasteiger partial charge is 0.247 e. The highest BCUT2D eigenvalue weighted by Gasteiger charge is 2.16. The van der Waals surface area contributed by atoms with Crippen LogP contribution in [-0.4, -0.2) is 16.4 Å². The molecule has 0 atom stereocenters. The van der Waals surface area contributed by atoms with E-state index in [0.29, 0.717) is 49.6 Å². The molecule has 0 radical (unpaired) electrons. The van der Waals surface area contributed by atoms with Crippen molar-refractivity contribution >= 4 is 22.9 Å². The van der Waals surface area contributed by atoms with E-state index in [-0.39, 0.29) is 11.6 Å². The zero-order valence-corrected chi connectivity index (χ0v) is 18.4. The van der Waals surface area contributed by atoms with Crippen molar-refractivity contribution in [2.45, 2.75) is 13.8 Å². The zero-order valence-electron chi connectivity index (χ0n) is 18.4. The molecule has 33 heavy (non-hydrogen) atoms. The number of ketones is 2. The molecule has 0 aromatic heterocycles. The number of aryl methyl sites for hydroxylation is 2. The highest BCUT2D eigenvalue weighted by Crippen LogP contribution is 2.26. The molecule has 0 aliphatic carbocycles. The van der Waals surface area contributed by atoms with Crippen molar-refractivity contribution in [1.29, 1.82) is 0 Å². The molecule has 0 bridgehead atoms. The molecule has 0 aliphatic rings. The Bertz CT molecular complexity index is 1360. The summed E-state index contributed by atoms with van der Waals surface area (Å²) < 4.78 is 0. The van der Waals surface area contributed by atoms with Crippen LogP contribution < -0.4 is 0 Å². The molecule has 4 rings (SSSR count). The van der Waals surface area contributed by atoms with Crippen molar-refractivity contribution in [3.63, 3.8) is 0 Å². The van der Waals surface area contributed by atoms with E-state index >= 15 is 0 Å². The molecule has 0 amide bonds. The number of hydrogen-bond donors (Lipinski definition) is 0. The normalized spacial score (nSPS) is 11.3. The number of hydrogen-bond acceptors (Lipinski definition) is 4. The van der Waals surface area contributed by atoms with E-state index < -0.39 is 0 Å². The van der Waals surface area contributed by atoms with Crippen molar-refractivity contribution in [3.05, 3.63) is 136 Å². The van der Waals surface area contributed by atoms with Gasteiger partial charge in [0.05, 0.1) is 0 Å². The number of benzene rings is 4. The minimum absolute atomic E-state index is 0.0845. The van der Waals surface area contributed by atoms with Gasteiger partial charge in [0.2, 0.25) is 5.69 Å². The molecular formula is C28H22N2O3. The Morgan fingerprint density at radius 2 is 1.12 bits per heavy atom. The third kappa shape index (κ3) is 4.77. The van der Waals surface area contributed by atoms with Crippen molar-refractivity contribution < 1.29 is 14.4 Å². The first-order valence-corrected chi connectivity index (χ1v) is 10.5. The van der Waals surface area contributed by atoms with E-state index in [4.69, 9.17) is 0 Å². The summed E-state index contributed by atoms with van der Waals surface area (Å²) in [5, 5.41) is 17.0. The van der Waals surface area contributed by atoms with E-state index in [1.807, 2.05) is 43.3 Å². The predicted molar refractivity (Wildman–Crippen MR) is 127 cm³/mol. The summed E-state index contributed by atoms with van der Waals surface area (Å²) in [6.45, 7) is 3.58. The third-order valence-electron chi connectivity index (χ3n) is 5.39. The van der Waals surface area contributed by atoms with Gasteiger partial charge in [-0.2, -0.15) is 0 Å². The van der Waals surface area contributed by atoms with Gasteiger partial charge in [-0.3, -0.25) is 9.59 Å². The Labute approximate surface area is 192 Å². The van der Waals surface area contributed by atoms with Gasteiger partial charge in [-0.1, -0.05) is 60.7 Å². The summed E-state index contributed by atoms with van der Waals surface area (Å²) in [5.41, 5.74) is 4.42. The van der Waals surface area contributed by atoms with E-state index in [2.05, 4.69) is 5.11 Å². The van der Waals surface area contributed by atoms with Crippen LogP contribution in [0.4, 0.5) is 11.4 Å². The molecule has 5 heteroatoms. The van der Waals surface area contributed by atoms with E-state index in [1.165, 1.54) is 0 Å². The summed E-state index contributed by atoms with van der Waals surface area (Å²) in [4.78, 5) is 25.9. The summed E-state index contributed by atoms with van der Waals surface area (Å²) in [6, 6.07) is 28.0. The van der Waals surface area contributed by atoms with E-state index in [1.54, 1.807) is 67.6 Å². The third-order valence-corrected chi connectivity index (χ3v) is 5.39. The molecule has 0 saturated heterocycles. The Morgan fingerprint density at radius 3 is 1.61 bits per heavy atom. The number of azo groups is 1. The van der Waals surface area contributed by atoms with Gasteiger partial charge in [-0.05, 0) is 54.6 Å². The zero-order chi connectivity index (χ0) is 23.4. The maximum atomic E-state index is 12.8. The molecule has 5 nitrogen and oxygen atoms in total. The molecule has 0 unspecified atom stereocenters. The molecule has 4 aromatic carbocycles. The van der Waals surface area contributed by atoms with Crippen LogP contribution in [0.15, 0.2) is 102 Å². The summed E-state index contributed by atoms with van der Waals surface area (Å²) in [5.74, 6) is -0.187. The Morgan fingerprint density at radius 1 is 0.636 bits per heavy atom. The van der Waals surface area contributed by atoms with Crippen LogP contribution in [0, 0.1) is 19.1 Å². The van der Waals surface area contributed by atoms with Crippen molar-refractivity contribution in [2.24, 2.45) is 5.11 Å². The molecular weight excluding hydrogens is 412 g/mol. The van der Waals surface area contributed by atoms with Gasteiger partial charge >= 0.3 is 0 Å². The highest BCUT2D eigenvalue weighted by atomic mass is 16.5. The van der Waals surface area contributed by atoms with E-state index in [9.17, 15) is 14.8 Å². The van der Waals surface area contributed by atoms with Gasteiger partial charge in [-0.15, -0.1) is 0 Å². The second-order valence-corrected chi connectivity index (χ2v) is 7.77. The van der Waals surface area contributed by atoms with Crippen molar-refractivity contribution in [2.75, 3.05) is 0 Å². The van der Waals surface area contributed by atoms with Crippen LogP contribution in [0.5, 0.6) is 0 Å². The topological polar surface area (TPSA) is 72.6 Å². The van der Waals surface area contributed by atoms with Crippen LogP contribution in [0.3, 0.4) is 0 Å². The fraction of sp³-hybridized carbons (Fsp3) is 0.0714. The maximum absolute atomic E-state index is 12.8. The van der Waals surface area contributed by atoms with Crippen molar-refractivity contribution in [1.82, 2.24) is 0 Å². The molecule has 4 aromatic rings. The average Bonchev–Trinajstić information content (AvgIpc) is 2.85. The Hall–Kier alpha value is -4.38. The molecule has 0 spiro atoms. The molecule has 162 valence electrons. The predicted octanol–water partition coefficient (Wildman–Crippen LogP) is 6.69. The van der Waals surface area contributed by atoms with Crippen LogP contribution in [0.25, 0.3) is 0 Å². The van der Waals surface area contributed by atoms with Crippen molar-refractivity contribution in [3.8, 4) is 0 Å². The SMILES string of the molecule is Cc1cc(C(=O)c2ccccc2)ccc1N=[N+]([O-])c1ccc(C(=O)c2ccccc2)cc1C. The fourth-order valence-electron chi connectivity index (χ4n) is 3.58. The maximum Gasteiger partial charge on any atom is 0.247 e. The van der Waals surface area contributed by atoms with Gasteiger partial charge in [-0.25, -0.2) is 0 Å². The van der Waals surface area contributed by atoms with Crippen LogP contribution in [0.1, 0.15) is 43.0 Å². The van der Waals surface area contributed by atoms with Gasteiger partial charge in [0.15, 0.2) is 11.6 Å². The Balaban J connectivity index is 1.58. The largest absolute Gasteiger partial charge is 0.594 e. The summed E-state index contributed by atoms with van der Waals surface area (Å²) in [7, 11) is 0. The first kappa shape index (κ1) is 21.8. The van der Waals surface area contributed by atoms with Gasteiger partial charge in [0.25, 0.3) is 0 Å². The lowest BCUT2D eigenvalue weighted by molar-refractivity contribution is -0.435. The lowest BCUT2D eigenvalue weighted by Gasteiger charge is -2.07. The first-order valence-electron chi connectivity index (χ1n) is 10.5. The van der Waals surface area contributed by atoms with Crippen LogP contribution >= 0.6 is 0 Å². The molecule has 0 fully saturated rings. The van der Waals surface area contributed by atoms with Gasteiger partial charge < -0.3 is 5.21 Å². The monoisotopic (exact) mass is 434 g/mol. The lowest BCUT2D eigenvalue weighted by Crippen LogP contribution is -2.03. The minimum atomic E-state index is -0.103. The molecule has 0 heterocycles. The molecule has 0 N–H and O–H groups in total. The van der Waals surface area contributed by atoms with E-state index in [0.717, 1.165) is 0 Å². The number of nitrogens with zero attached hydrogens (tertiary/aromatic N) is 2. The van der Waals surface area contributed by atoms with Crippen LogP contribution in [0.2, 0.25) is 0 Å². The van der Waals surface area contributed by atoms with Gasteiger partial charge in [0.1, 0.15) is 5.69 Å². The second-order valence-electron chi connectivity index (χ2n) is 7.77. The molecule has 0 aliphatic heterocycles. The lowest BCUT2D eigenvalue weighted by atomic mass is 10.0. The quantitative estimate of drug-likeness (QED) is 0.147. The van der Waals surface area contributed by atoms with Gasteiger partial charge in [0, 0.05) is 39.0 Å². The summed E-state index contributed by atoms with van der Waals surface area (Å²) >= 11 is 0. The Kier molecular flexibility index (Phi) is 6.22. The van der Waals surface area contributed by atoms with Crippen LogP contribution in [-0.2, 0) is 0 Å². The molecule has 0 saturated carbocycles. The number of rotatable bonds is 6. The second kappa shape index (κ2) is 9.40. The summed E-state index contributed by atoms with van der Waals surface area (Å²) in [6.07, 6.45) is 0. The highest BCUT2D eigenvalue weighted by molar-refractivity contribution is 6.09. The minimum Gasteiger partial charge on any atom is -0.594 e. The number of carbonyl (C=O) groups is 2. The first-order chi connectivity index (χ1) is 15.9. The fourth-order valence-corrected chi connectivity index (χ4v) is 3.58. The number of carbonyl (C=O) groups excluding carboxylic acids is 2. The standard InChI is InChI=1S/C28H22N2O3/c1-19-17-23(27(31)21-9-5-3-6-10-21)13-15-25(19)29-30(33)26-16-14-24(18-20(26)2)28(32)22-11-7-4-8-12-22/h3-18H,1-2H3. The average molecular weight is 434 g/mol.